The molecule has 0 spiro atoms. The van der Waals surface area contributed by atoms with Crippen LogP contribution >= 0.6 is 0 Å². The van der Waals surface area contributed by atoms with Crippen molar-refractivity contribution in [2.24, 2.45) is 0 Å². The molecule has 2 aliphatic carbocycles. The summed E-state index contributed by atoms with van der Waals surface area (Å²) >= 11 is 0. The van der Waals surface area contributed by atoms with E-state index in [-0.39, 0.29) is 0 Å². The molecule has 0 bridgehead atoms. The van der Waals surface area contributed by atoms with Gasteiger partial charge in [-0.15, -0.1) is 0 Å². The van der Waals surface area contributed by atoms with Crippen LogP contribution in [0.25, 0.3) is 33.4 Å². The Labute approximate surface area is 369 Å². The van der Waals surface area contributed by atoms with E-state index >= 15 is 0 Å². The molecule has 0 amide bonds. The summed E-state index contributed by atoms with van der Waals surface area (Å²) in [5.74, 6) is 0. The predicted molar refractivity (Wildman–Crippen MR) is 261 cm³/mol. The lowest BCUT2D eigenvalue weighted by Crippen LogP contribution is -2.28. The number of nitrogens with zero attached hydrogens (tertiary/aromatic N) is 1. The van der Waals surface area contributed by atoms with E-state index in [1.54, 1.807) is 0 Å². The van der Waals surface area contributed by atoms with Crippen molar-refractivity contribution in [3.8, 4) is 33.4 Å². The van der Waals surface area contributed by atoms with Gasteiger partial charge in [0.05, 0.1) is 10.8 Å². The van der Waals surface area contributed by atoms with Crippen molar-refractivity contribution in [1.29, 1.82) is 0 Å². The van der Waals surface area contributed by atoms with Crippen LogP contribution in [0.2, 0.25) is 0 Å². The Morgan fingerprint density at radius 2 is 0.587 bits per heavy atom. The van der Waals surface area contributed by atoms with Gasteiger partial charge < -0.3 is 4.90 Å². The molecule has 0 N–H and O–H groups in total. The average molecular weight is 802 g/mol. The molecule has 0 aliphatic heterocycles. The Hall–Kier alpha value is -8.00. The average Bonchev–Trinajstić information content (AvgIpc) is 3.84. The lowest BCUT2D eigenvalue weighted by molar-refractivity contribution is 0.768. The van der Waals surface area contributed by atoms with Gasteiger partial charge in [0.1, 0.15) is 0 Å². The van der Waals surface area contributed by atoms with E-state index in [9.17, 15) is 0 Å². The van der Waals surface area contributed by atoms with Crippen LogP contribution in [0, 0.1) is 0 Å². The van der Waals surface area contributed by atoms with Gasteiger partial charge in [0.15, 0.2) is 0 Å². The van der Waals surface area contributed by atoms with Crippen LogP contribution in [0.5, 0.6) is 0 Å². The van der Waals surface area contributed by atoms with Crippen molar-refractivity contribution in [2.75, 3.05) is 4.90 Å². The van der Waals surface area contributed by atoms with Crippen molar-refractivity contribution >= 4 is 17.1 Å². The van der Waals surface area contributed by atoms with Crippen molar-refractivity contribution in [3.63, 3.8) is 0 Å². The highest BCUT2D eigenvalue weighted by Crippen LogP contribution is 2.58. The molecular formula is C62H43N. The zero-order valence-corrected chi connectivity index (χ0v) is 34.8. The summed E-state index contributed by atoms with van der Waals surface area (Å²) in [6.07, 6.45) is 0. The van der Waals surface area contributed by atoms with Crippen LogP contribution in [0.1, 0.15) is 44.5 Å². The number of hydrogen-bond acceptors (Lipinski definition) is 1. The molecule has 0 aromatic heterocycles. The normalized spacial score (nSPS) is 13.7. The molecular weight excluding hydrogens is 759 g/mol. The minimum absolute atomic E-state index is 0.442. The zero-order chi connectivity index (χ0) is 41.8. The topological polar surface area (TPSA) is 3.24 Å². The van der Waals surface area contributed by atoms with Crippen LogP contribution in [0.3, 0.4) is 0 Å². The molecule has 10 aromatic carbocycles. The fraction of sp³-hybridized carbons (Fsp3) is 0.0323. The number of anilines is 3. The highest BCUT2D eigenvalue weighted by molar-refractivity contribution is 5.91. The first-order valence-electron chi connectivity index (χ1n) is 21.9. The van der Waals surface area contributed by atoms with Crippen molar-refractivity contribution in [2.45, 2.75) is 10.8 Å². The molecule has 1 nitrogen and oxygen atoms in total. The van der Waals surface area contributed by atoms with E-state index in [2.05, 4.69) is 266 Å². The van der Waals surface area contributed by atoms with Gasteiger partial charge in [-0.3, -0.25) is 0 Å². The highest BCUT2D eigenvalue weighted by atomic mass is 15.1. The van der Waals surface area contributed by atoms with Crippen LogP contribution in [0.4, 0.5) is 17.1 Å². The van der Waals surface area contributed by atoms with E-state index in [1.165, 1.54) is 77.9 Å². The molecule has 1 heteroatoms. The number of fused-ring (bicyclic) bond motifs is 6. The van der Waals surface area contributed by atoms with Gasteiger partial charge in [-0.1, -0.05) is 218 Å². The Morgan fingerprint density at radius 3 is 1.11 bits per heavy atom. The molecule has 10 aromatic rings. The number of benzene rings is 10. The van der Waals surface area contributed by atoms with Gasteiger partial charge in [0.25, 0.3) is 0 Å². The second-order valence-electron chi connectivity index (χ2n) is 16.8. The van der Waals surface area contributed by atoms with Gasteiger partial charge in [-0.25, -0.2) is 0 Å². The maximum atomic E-state index is 2.45. The van der Waals surface area contributed by atoms with Crippen LogP contribution in [-0.2, 0) is 10.8 Å². The fourth-order valence-corrected chi connectivity index (χ4v) is 11.0. The summed E-state index contributed by atoms with van der Waals surface area (Å²) in [6, 6.07) is 96.2. The van der Waals surface area contributed by atoms with Crippen molar-refractivity contribution in [3.05, 3.63) is 305 Å². The third kappa shape index (κ3) is 5.56. The minimum atomic E-state index is -0.445. The quantitative estimate of drug-likeness (QED) is 0.148. The molecule has 0 saturated heterocycles. The Kier molecular flexibility index (Phi) is 8.69. The summed E-state index contributed by atoms with van der Waals surface area (Å²) in [7, 11) is 0. The molecule has 0 fully saturated rings. The smallest absolute Gasteiger partial charge is 0.0713 e. The summed E-state index contributed by atoms with van der Waals surface area (Å²) in [5, 5.41) is 0. The highest BCUT2D eigenvalue weighted by Gasteiger charge is 2.47. The van der Waals surface area contributed by atoms with Crippen LogP contribution < -0.4 is 4.90 Å². The van der Waals surface area contributed by atoms with E-state index in [0.29, 0.717) is 0 Å². The molecule has 0 unspecified atom stereocenters. The molecule has 63 heavy (non-hydrogen) atoms. The van der Waals surface area contributed by atoms with E-state index < -0.39 is 10.8 Å². The van der Waals surface area contributed by atoms with Gasteiger partial charge in [-0.2, -0.15) is 0 Å². The third-order valence-electron chi connectivity index (χ3n) is 13.6. The first-order valence-corrected chi connectivity index (χ1v) is 21.9. The van der Waals surface area contributed by atoms with Crippen molar-refractivity contribution < 1.29 is 0 Å². The first-order chi connectivity index (χ1) is 31.3. The van der Waals surface area contributed by atoms with E-state index in [1.807, 2.05) is 0 Å². The molecule has 0 atom stereocenters. The van der Waals surface area contributed by atoms with E-state index in [4.69, 9.17) is 0 Å². The Bertz CT molecular complexity index is 3170. The summed E-state index contributed by atoms with van der Waals surface area (Å²) in [4.78, 5) is 2.40. The lowest BCUT2D eigenvalue weighted by atomic mass is 9.67. The van der Waals surface area contributed by atoms with Gasteiger partial charge in [0, 0.05) is 17.1 Å². The second kappa shape index (κ2) is 14.9. The Balaban J connectivity index is 0.991. The molecule has 296 valence electrons. The molecule has 0 radical (unpaired) electrons. The van der Waals surface area contributed by atoms with Crippen molar-refractivity contribution in [1.82, 2.24) is 0 Å². The SMILES string of the molecule is c1ccc(N(c2ccc(-c3ccc4c(c3)C(c3ccccc3)(c3ccccc3)c3ccccc3-4)cc2)c2ccc3c(c2)-c2ccccc2C3(c2ccccc2)c2ccccc2)cc1. The largest absolute Gasteiger partial charge is 0.310 e. The summed E-state index contributed by atoms with van der Waals surface area (Å²) in [5.41, 5.74) is 20.3. The van der Waals surface area contributed by atoms with Gasteiger partial charge in [-0.05, 0) is 120 Å². The maximum Gasteiger partial charge on any atom is 0.0713 e. The third-order valence-corrected chi connectivity index (χ3v) is 13.6. The summed E-state index contributed by atoms with van der Waals surface area (Å²) in [6.45, 7) is 0. The monoisotopic (exact) mass is 801 g/mol. The maximum absolute atomic E-state index is 2.45. The number of para-hydroxylation sites is 1. The van der Waals surface area contributed by atoms with Crippen LogP contribution in [-0.4, -0.2) is 0 Å². The van der Waals surface area contributed by atoms with Gasteiger partial charge in [0.2, 0.25) is 0 Å². The number of hydrogen-bond donors (Lipinski definition) is 0. The fourth-order valence-electron chi connectivity index (χ4n) is 11.0. The zero-order valence-electron chi connectivity index (χ0n) is 34.8. The standard InChI is InChI=1S/C62H43N/c1-6-20-46(21-7-1)61(47-22-8-2-9-23-47)58-33-19-17-31-54(58)56-43-52(39-41-59(56)61)63(50-28-14-5-15-29-50)51-37-34-44(35-38-51)45-36-40-55-53-30-16-18-32-57(53)62(60(55)42-45,48-24-10-3-11-25-48)49-26-12-4-13-27-49/h1-43H. The lowest BCUT2D eigenvalue weighted by Gasteiger charge is -2.34. The van der Waals surface area contributed by atoms with Crippen LogP contribution in [0.15, 0.2) is 261 Å². The molecule has 2 aliphatic rings. The summed E-state index contributed by atoms with van der Waals surface area (Å²) < 4.78 is 0. The molecule has 0 heterocycles. The minimum Gasteiger partial charge on any atom is -0.310 e. The Morgan fingerprint density at radius 1 is 0.222 bits per heavy atom. The van der Waals surface area contributed by atoms with Gasteiger partial charge >= 0.3 is 0 Å². The first kappa shape index (κ1) is 36.8. The second-order valence-corrected chi connectivity index (χ2v) is 16.8. The molecule has 12 rings (SSSR count). The molecule has 0 saturated carbocycles. The van der Waals surface area contributed by atoms with E-state index in [0.717, 1.165) is 17.1 Å². The predicted octanol–water partition coefficient (Wildman–Crippen LogP) is 15.5. The number of rotatable bonds is 8.